The fourth-order valence-electron chi connectivity index (χ4n) is 3.22. The Bertz CT molecular complexity index is 1190. The molecule has 3 aromatic carbocycles. The highest BCUT2D eigenvalue weighted by atomic mass is 32.2. The van der Waals surface area contributed by atoms with Crippen LogP contribution in [-0.2, 0) is 22.1 Å². The summed E-state index contributed by atoms with van der Waals surface area (Å²) in [6.45, 7) is 0.775. The van der Waals surface area contributed by atoms with E-state index < -0.39 is 9.84 Å². The molecule has 5 nitrogen and oxygen atoms in total. The molecule has 28 heavy (non-hydrogen) atoms. The van der Waals surface area contributed by atoms with E-state index in [4.69, 9.17) is 0 Å². The minimum absolute atomic E-state index is 0.128. The van der Waals surface area contributed by atoms with Crippen molar-refractivity contribution >= 4 is 37.8 Å². The maximum absolute atomic E-state index is 12.7. The Labute approximate surface area is 168 Å². The first kappa shape index (κ1) is 18.6. The van der Waals surface area contributed by atoms with Crippen LogP contribution in [0.3, 0.4) is 0 Å². The molecule has 7 heteroatoms. The molecule has 0 amide bonds. The monoisotopic (exact) mass is 409 g/mol. The average molecular weight is 410 g/mol. The van der Waals surface area contributed by atoms with Gasteiger partial charge in [0.1, 0.15) is 17.1 Å². The maximum Gasteiger partial charge on any atom is 0.184 e. The third kappa shape index (κ3) is 3.90. The first-order valence-electron chi connectivity index (χ1n) is 8.79. The predicted octanol–water partition coefficient (Wildman–Crippen LogP) is 4.30. The highest BCUT2D eigenvalue weighted by molar-refractivity contribution is 7.90. The number of benzene rings is 3. The fraction of sp³-hybridized carbons (Fsp3) is 0.143. The molecule has 1 aromatic heterocycles. The Morgan fingerprint density at radius 2 is 1.82 bits per heavy atom. The number of hydrogen-bond donors (Lipinski definition) is 0. The number of rotatable bonds is 6. The van der Waals surface area contributed by atoms with Gasteiger partial charge in [-0.25, -0.2) is 13.4 Å². The van der Waals surface area contributed by atoms with Crippen LogP contribution in [0.1, 0.15) is 10.6 Å². The molecule has 0 bridgehead atoms. The van der Waals surface area contributed by atoms with E-state index in [1.54, 1.807) is 12.1 Å². The van der Waals surface area contributed by atoms with Gasteiger partial charge >= 0.3 is 0 Å². The minimum Gasteiger partial charge on any atom is -0.370 e. The third-order valence-electron chi connectivity index (χ3n) is 4.58. The number of anilines is 1. The van der Waals surface area contributed by atoms with Gasteiger partial charge < -0.3 is 4.90 Å². The van der Waals surface area contributed by atoms with E-state index >= 15 is 0 Å². The molecule has 0 aliphatic rings. The highest BCUT2D eigenvalue weighted by Gasteiger charge is 2.18. The molecule has 0 spiro atoms. The van der Waals surface area contributed by atoms with Gasteiger partial charge in [-0.3, -0.25) is 0 Å². The molecule has 0 radical (unpaired) electrons. The first-order valence-corrected chi connectivity index (χ1v) is 11.2. The van der Waals surface area contributed by atoms with Crippen molar-refractivity contribution in [2.24, 2.45) is 0 Å². The second-order valence-electron chi connectivity index (χ2n) is 6.60. The van der Waals surface area contributed by atoms with Gasteiger partial charge in [0.05, 0.1) is 4.90 Å². The van der Waals surface area contributed by atoms with Gasteiger partial charge in [-0.2, -0.15) is 4.37 Å². The minimum atomic E-state index is -3.46. The summed E-state index contributed by atoms with van der Waals surface area (Å²) in [4.78, 5) is 6.47. The molecule has 1 heterocycles. The second kappa shape index (κ2) is 7.69. The number of sulfone groups is 1. The standard InChI is InChI=1S/C21H19N3O2S2/c1-24(13-16-6-3-2-4-7-16)20-9-5-8-17-12-18(10-11-19(17)20)28(25,26)14-21-22-15-23-27-21/h2-12,15H,13-14H2,1H3. The fourth-order valence-corrected chi connectivity index (χ4v) is 5.35. The van der Waals surface area contributed by atoms with Gasteiger partial charge in [0.25, 0.3) is 0 Å². The van der Waals surface area contributed by atoms with Crippen molar-refractivity contribution in [3.05, 3.63) is 83.6 Å². The molecule has 0 saturated heterocycles. The van der Waals surface area contributed by atoms with Crippen LogP contribution in [0, 0.1) is 0 Å². The van der Waals surface area contributed by atoms with E-state index in [9.17, 15) is 8.42 Å². The Morgan fingerprint density at radius 3 is 2.57 bits per heavy atom. The number of hydrogen-bond acceptors (Lipinski definition) is 6. The largest absolute Gasteiger partial charge is 0.370 e. The summed E-state index contributed by atoms with van der Waals surface area (Å²) in [5.74, 6) is -0.128. The molecule has 0 aliphatic carbocycles. The van der Waals surface area contributed by atoms with Gasteiger partial charge in [0.2, 0.25) is 0 Å². The zero-order chi connectivity index (χ0) is 19.6. The topological polar surface area (TPSA) is 63.2 Å². The Balaban J connectivity index is 1.66. The number of nitrogens with zero attached hydrogens (tertiary/aromatic N) is 3. The van der Waals surface area contributed by atoms with Gasteiger partial charge in [0.15, 0.2) is 9.84 Å². The van der Waals surface area contributed by atoms with Crippen LogP contribution in [0.5, 0.6) is 0 Å². The number of fused-ring (bicyclic) bond motifs is 1. The van der Waals surface area contributed by atoms with Crippen LogP contribution < -0.4 is 4.90 Å². The summed E-state index contributed by atoms with van der Waals surface area (Å²) in [7, 11) is -1.42. The van der Waals surface area contributed by atoms with Gasteiger partial charge in [-0.15, -0.1) is 0 Å². The molecular weight excluding hydrogens is 390 g/mol. The zero-order valence-corrected chi connectivity index (χ0v) is 17.0. The number of aromatic nitrogens is 2. The normalized spacial score (nSPS) is 11.6. The molecule has 0 unspecified atom stereocenters. The van der Waals surface area contributed by atoms with Crippen LogP contribution in [-0.4, -0.2) is 24.8 Å². The van der Waals surface area contributed by atoms with Gasteiger partial charge in [-0.05, 0) is 40.7 Å². The van der Waals surface area contributed by atoms with Crippen molar-refractivity contribution in [2.75, 3.05) is 11.9 Å². The molecule has 0 aliphatic heterocycles. The molecular formula is C21H19N3O2S2. The molecule has 4 rings (SSSR count). The maximum atomic E-state index is 12.7. The van der Waals surface area contributed by atoms with Crippen molar-refractivity contribution in [2.45, 2.75) is 17.2 Å². The highest BCUT2D eigenvalue weighted by Crippen LogP contribution is 2.30. The molecule has 4 aromatic rings. The van der Waals surface area contributed by atoms with Crippen molar-refractivity contribution in [1.82, 2.24) is 9.36 Å². The van der Waals surface area contributed by atoms with Crippen LogP contribution in [0.15, 0.2) is 78.0 Å². The van der Waals surface area contributed by atoms with Gasteiger partial charge in [-0.1, -0.05) is 48.5 Å². The van der Waals surface area contributed by atoms with E-state index in [0.29, 0.717) is 9.90 Å². The Kier molecular flexibility index (Phi) is 5.11. The SMILES string of the molecule is CN(Cc1ccccc1)c1cccc2cc(S(=O)(=O)Cc3ncns3)ccc12. The summed E-state index contributed by atoms with van der Waals surface area (Å²) in [5.41, 5.74) is 2.28. The van der Waals surface area contributed by atoms with E-state index in [-0.39, 0.29) is 5.75 Å². The van der Waals surface area contributed by atoms with E-state index in [2.05, 4.69) is 32.5 Å². The summed E-state index contributed by atoms with van der Waals surface area (Å²) in [5, 5.41) is 2.42. The average Bonchev–Trinajstić information content (AvgIpc) is 3.20. The van der Waals surface area contributed by atoms with Crippen LogP contribution >= 0.6 is 11.5 Å². The lowest BCUT2D eigenvalue weighted by molar-refractivity contribution is 0.595. The quantitative estimate of drug-likeness (QED) is 0.475. The first-order chi connectivity index (χ1) is 13.5. The van der Waals surface area contributed by atoms with Crippen molar-refractivity contribution in [1.29, 1.82) is 0 Å². The second-order valence-corrected chi connectivity index (χ2v) is 9.45. The summed E-state index contributed by atoms with van der Waals surface area (Å²) in [6.07, 6.45) is 1.38. The van der Waals surface area contributed by atoms with Crippen LogP contribution in [0.2, 0.25) is 0 Å². The lowest BCUT2D eigenvalue weighted by Gasteiger charge is -2.21. The van der Waals surface area contributed by atoms with E-state index in [1.165, 1.54) is 11.9 Å². The summed E-state index contributed by atoms with van der Waals surface area (Å²) < 4.78 is 29.3. The molecule has 0 saturated carbocycles. The van der Waals surface area contributed by atoms with Crippen LogP contribution in [0.25, 0.3) is 10.8 Å². The molecule has 0 atom stereocenters. The zero-order valence-electron chi connectivity index (χ0n) is 15.3. The summed E-state index contributed by atoms with van der Waals surface area (Å²) in [6, 6.07) is 21.5. The lowest BCUT2D eigenvalue weighted by atomic mass is 10.1. The van der Waals surface area contributed by atoms with Crippen LogP contribution in [0.4, 0.5) is 5.69 Å². The van der Waals surface area contributed by atoms with Crippen molar-refractivity contribution in [3.63, 3.8) is 0 Å². The Hall–Kier alpha value is -2.77. The third-order valence-corrected chi connectivity index (χ3v) is 7.05. The molecule has 142 valence electrons. The van der Waals surface area contributed by atoms with E-state index in [1.807, 2.05) is 43.4 Å². The van der Waals surface area contributed by atoms with Crippen molar-refractivity contribution < 1.29 is 8.42 Å². The molecule has 0 N–H and O–H groups in total. The van der Waals surface area contributed by atoms with E-state index in [0.717, 1.165) is 34.5 Å². The smallest absolute Gasteiger partial charge is 0.184 e. The lowest BCUT2D eigenvalue weighted by Crippen LogP contribution is -2.16. The predicted molar refractivity (Wildman–Crippen MR) is 113 cm³/mol. The Morgan fingerprint density at radius 1 is 1.00 bits per heavy atom. The summed E-state index contributed by atoms with van der Waals surface area (Å²) >= 11 is 1.11. The molecule has 0 fully saturated rings. The van der Waals surface area contributed by atoms with Gasteiger partial charge in [0, 0.05) is 24.7 Å². The van der Waals surface area contributed by atoms with Crippen molar-refractivity contribution in [3.8, 4) is 0 Å².